The molecule has 0 fully saturated rings. The van der Waals surface area contributed by atoms with Crippen molar-refractivity contribution in [2.45, 2.75) is 5.92 Å². The van der Waals surface area contributed by atoms with E-state index in [1.54, 1.807) is 12.1 Å². The molecule has 0 saturated carbocycles. The molecule has 1 unspecified atom stereocenters. The second kappa shape index (κ2) is 3.06. The van der Waals surface area contributed by atoms with Crippen molar-refractivity contribution in [1.82, 2.24) is 4.98 Å². The number of pyridine rings is 1. The molecule has 2 rings (SSSR count). The third kappa shape index (κ3) is 1.36. The molecule has 4 heteroatoms. The lowest BCUT2D eigenvalue weighted by atomic mass is 10.0. The Morgan fingerprint density at radius 1 is 1.46 bits per heavy atom. The summed E-state index contributed by atoms with van der Waals surface area (Å²) in [6.07, 6.45) is 3.22. The molecule has 0 saturated heterocycles. The smallest absolute Gasteiger partial charge is 0.211 e. The summed E-state index contributed by atoms with van der Waals surface area (Å²) in [5.74, 6) is 0.339. The van der Waals surface area contributed by atoms with E-state index in [0.29, 0.717) is 11.4 Å². The van der Waals surface area contributed by atoms with Gasteiger partial charge < -0.3 is 14.9 Å². The molecule has 0 aliphatic carbocycles. The topological polar surface area (TPSA) is 62.6 Å². The van der Waals surface area contributed by atoms with E-state index in [0.717, 1.165) is 0 Å². The van der Waals surface area contributed by atoms with Gasteiger partial charge in [0, 0.05) is 12.0 Å². The quantitative estimate of drug-likeness (QED) is 0.668. The fraction of sp³-hybridized carbons (Fsp3) is 0.222. The third-order valence-electron chi connectivity index (χ3n) is 1.93. The number of aliphatic hydroxyl groups is 1. The first kappa shape index (κ1) is 8.07. The Balaban J connectivity index is 2.46. The van der Waals surface area contributed by atoms with Crippen molar-refractivity contribution < 1.29 is 14.9 Å². The Morgan fingerprint density at radius 2 is 2.31 bits per heavy atom. The van der Waals surface area contributed by atoms with E-state index in [4.69, 9.17) is 14.9 Å². The molecular formula is C9H9NO3. The van der Waals surface area contributed by atoms with Crippen molar-refractivity contribution in [3.63, 3.8) is 0 Å². The van der Waals surface area contributed by atoms with Crippen LogP contribution in [0.25, 0.3) is 0 Å². The van der Waals surface area contributed by atoms with E-state index in [9.17, 15) is 0 Å². The van der Waals surface area contributed by atoms with E-state index in [2.05, 4.69) is 4.98 Å². The first-order chi connectivity index (χ1) is 6.31. The van der Waals surface area contributed by atoms with Crippen LogP contribution < -0.4 is 4.74 Å². The number of fused-ring (bicyclic) bond motifs is 1. The average Bonchev–Trinajstić information content (AvgIpc) is 2.17. The Hall–Kier alpha value is -1.55. The summed E-state index contributed by atoms with van der Waals surface area (Å²) in [6.45, 7) is -0.0384. The summed E-state index contributed by atoms with van der Waals surface area (Å²) in [5.41, 5.74) is 0.574. The van der Waals surface area contributed by atoms with Crippen LogP contribution in [-0.2, 0) is 0 Å². The minimum Gasteiger partial charge on any atom is -0.493 e. The summed E-state index contributed by atoms with van der Waals surface area (Å²) in [7, 11) is 0. The monoisotopic (exact) mass is 179 g/mol. The zero-order chi connectivity index (χ0) is 9.26. The lowest BCUT2D eigenvalue weighted by Gasteiger charge is -2.17. The van der Waals surface area contributed by atoms with Gasteiger partial charge in [0.2, 0.25) is 5.88 Å². The van der Waals surface area contributed by atoms with E-state index in [1.165, 1.54) is 12.3 Å². The molecule has 1 aromatic heterocycles. The number of hydrogen-bond acceptors (Lipinski definition) is 4. The molecule has 4 nitrogen and oxygen atoms in total. The number of ether oxygens (including phenoxy) is 1. The molecule has 1 aliphatic rings. The van der Waals surface area contributed by atoms with Crippen LogP contribution in [-0.4, -0.2) is 21.8 Å². The van der Waals surface area contributed by atoms with Gasteiger partial charge in [-0.2, -0.15) is 0 Å². The van der Waals surface area contributed by atoms with Gasteiger partial charge in [-0.1, -0.05) is 0 Å². The van der Waals surface area contributed by atoms with Gasteiger partial charge in [-0.3, -0.25) is 0 Å². The lowest BCUT2D eigenvalue weighted by Crippen LogP contribution is -2.09. The largest absolute Gasteiger partial charge is 0.493 e. The van der Waals surface area contributed by atoms with Crippen LogP contribution in [0.3, 0.4) is 0 Å². The zero-order valence-electron chi connectivity index (χ0n) is 6.84. The Kier molecular flexibility index (Phi) is 1.90. The molecule has 2 N–H and O–H groups in total. The van der Waals surface area contributed by atoms with Gasteiger partial charge in [0.25, 0.3) is 0 Å². The number of rotatable bonds is 1. The maximum Gasteiger partial charge on any atom is 0.211 e. The van der Waals surface area contributed by atoms with Crippen LogP contribution in [0, 0.1) is 0 Å². The average molecular weight is 179 g/mol. The number of aromatic nitrogens is 1. The molecule has 68 valence electrons. The number of hydrogen-bond donors (Lipinski definition) is 2. The predicted octanol–water partition coefficient (Wildman–Crippen LogP) is 0.769. The molecule has 13 heavy (non-hydrogen) atoms. The summed E-state index contributed by atoms with van der Waals surface area (Å²) >= 11 is 0. The Bertz CT molecular complexity index is 349. The summed E-state index contributed by atoms with van der Waals surface area (Å²) in [5, 5.41) is 18.1. The fourth-order valence-corrected chi connectivity index (χ4v) is 1.26. The van der Waals surface area contributed by atoms with Crippen LogP contribution in [0.1, 0.15) is 11.6 Å². The van der Waals surface area contributed by atoms with Gasteiger partial charge in [0.05, 0.1) is 18.6 Å². The van der Waals surface area contributed by atoms with Crippen LogP contribution in [0.4, 0.5) is 0 Å². The first-order valence-electron chi connectivity index (χ1n) is 3.95. The first-order valence-corrected chi connectivity index (χ1v) is 3.95. The minimum atomic E-state index is -0.184. The van der Waals surface area contributed by atoms with Crippen LogP contribution in [0.15, 0.2) is 24.5 Å². The van der Waals surface area contributed by atoms with E-state index < -0.39 is 0 Å². The zero-order valence-corrected chi connectivity index (χ0v) is 6.84. The maximum absolute atomic E-state index is 9.13. The van der Waals surface area contributed by atoms with Crippen molar-refractivity contribution in [3.8, 4) is 11.6 Å². The minimum absolute atomic E-state index is 0.0384. The van der Waals surface area contributed by atoms with Crippen LogP contribution in [0.2, 0.25) is 0 Å². The number of aliphatic hydroxyl groups excluding tert-OH is 1. The number of aromatic hydroxyl groups is 1. The Labute approximate surface area is 75.1 Å². The highest BCUT2D eigenvalue weighted by Gasteiger charge is 2.18. The van der Waals surface area contributed by atoms with Gasteiger partial charge in [-0.15, -0.1) is 0 Å². The highest BCUT2D eigenvalue weighted by atomic mass is 16.5. The van der Waals surface area contributed by atoms with Crippen molar-refractivity contribution >= 4 is 0 Å². The van der Waals surface area contributed by atoms with Crippen molar-refractivity contribution in [2.75, 3.05) is 6.61 Å². The molecule has 1 aliphatic heterocycles. The van der Waals surface area contributed by atoms with E-state index in [1.807, 2.05) is 0 Å². The van der Waals surface area contributed by atoms with Crippen LogP contribution >= 0.6 is 0 Å². The summed E-state index contributed by atoms with van der Waals surface area (Å²) in [4.78, 5) is 3.89. The van der Waals surface area contributed by atoms with Gasteiger partial charge in [0.15, 0.2) is 0 Å². The van der Waals surface area contributed by atoms with E-state index in [-0.39, 0.29) is 18.4 Å². The molecule has 0 spiro atoms. The molecule has 0 amide bonds. The summed E-state index contributed by atoms with van der Waals surface area (Å²) in [6, 6.07) is 3.08. The normalized spacial score (nSPS) is 19.3. The van der Waals surface area contributed by atoms with Crippen molar-refractivity contribution in [2.24, 2.45) is 0 Å². The molecule has 0 bridgehead atoms. The van der Waals surface area contributed by atoms with E-state index >= 15 is 0 Å². The standard InChI is InChI=1S/C9H9NO3/c11-5-6-3-4-13-7-1-2-8(12)10-9(6)7/h1-4,6,11H,5H2,(H,10,12). The lowest BCUT2D eigenvalue weighted by molar-refractivity contribution is 0.272. The molecule has 1 aromatic rings. The van der Waals surface area contributed by atoms with Gasteiger partial charge >= 0.3 is 0 Å². The second-order valence-electron chi connectivity index (χ2n) is 2.79. The highest BCUT2D eigenvalue weighted by molar-refractivity contribution is 5.38. The second-order valence-corrected chi connectivity index (χ2v) is 2.79. The molecule has 2 heterocycles. The highest BCUT2D eigenvalue weighted by Crippen LogP contribution is 2.30. The fourth-order valence-electron chi connectivity index (χ4n) is 1.26. The SMILES string of the molecule is OCC1C=COc2ccc(O)nc21. The van der Waals surface area contributed by atoms with Gasteiger partial charge in [-0.05, 0) is 12.1 Å². The van der Waals surface area contributed by atoms with Crippen molar-refractivity contribution in [3.05, 3.63) is 30.2 Å². The molecule has 0 radical (unpaired) electrons. The van der Waals surface area contributed by atoms with Crippen LogP contribution in [0.5, 0.6) is 11.6 Å². The molecular weight excluding hydrogens is 170 g/mol. The summed E-state index contributed by atoms with van der Waals surface area (Å²) < 4.78 is 5.15. The molecule has 1 atom stereocenters. The van der Waals surface area contributed by atoms with Crippen molar-refractivity contribution in [1.29, 1.82) is 0 Å². The maximum atomic E-state index is 9.13. The predicted molar refractivity (Wildman–Crippen MR) is 45.5 cm³/mol. The Morgan fingerprint density at radius 3 is 3.08 bits per heavy atom. The van der Waals surface area contributed by atoms with Gasteiger partial charge in [0.1, 0.15) is 5.75 Å². The molecule has 0 aromatic carbocycles. The number of nitrogens with zero attached hydrogens (tertiary/aromatic N) is 1. The third-order valence-corrected chi connectivity index (χ3v) is 1.93. The van der Waals surface area contributed by atoms with Gasteiger partial charge in [-0.25, -0.2) is 4.98 Å².